The summed E-state index contributed by atoms with van der Waals surface area (Å²) in [6.07, 6.45) is 1.04. The van der Waals surface area contributed by atoms with Crippen LogP contribution < -0.4 is 4.90 Å². The Morgan fingerprint density at radius 2 is 1.77 bits per heavy atom. The molecule has 4 rings (SSSR count). The molecule has 0 spiro atoms. The Morgan fingerprint density at radius 3 is 2.59 bits per heavy atom. The first kappa shape index (κ1) is 13.3. The highest BCUT2D eigenvalue weighted by Crippen LogP contribution is 2.36. The number of rotatable bonds is 1. The van der Waals surface area contributed by atoms with Crippen LogP contribution in [0.2, 0.25) is 0 Å². The second kappa shape index (κ2) is 5.09. The van der Waals surface area contributed by atoms with E-state index in [0.29, 0.717) is 5.92 Å². The predicted octanol–water partition coefficient (Wildman–Crippen LogP) is 3.28. The number of carbonyl (C=O) groups excluding carboxylic acids is 1. The lowest BCUT2D eigenvalue weighted by atomic mass is 10.0. The van der Waals surface area contributed by atoms with Crippen molar-refractivity contribution in [1.29, 1.82) is 0 Å². The van der Waals surface area contributed by atoms with Crippen LogP contribution in [0.25, 0.3) is 0 Å². The van der Waals surface area contributed by atoms with Crippen LogP contribution in [0, 0.1) is 5.92 Å². The van der Waals surface area contributed by atoms with Gasteiger partial charge >= 0.3 is 0 Å². The zero-order valence-corrected chi connectivity index (χ0v) is 12.6. The predicted molar refractivity (Wildman–Crippen MR) is 88.4 cm³/mol. The Kier molecular flexibility index (Phi) is 3.07. The third-order valence-corrected chi connectivity index (χ3v) is 4.69. The van der Waals surface area contributed by atoms with Crippen molar-refractivity contribution in [2.24, 2.45) is 10.9 Å². The maximum Gasteiger partial charge on any atom is 0.269 e. The number of benzene rings is 2. The molecule has 0 bridgehead atoms. The highest BCUT2D eigenvalue weighted by Gasteiger charge is 2.40. The molecule has 2 unspecified atom stereocenters. The molecule has 2 atom stereocenters. The maximum atomic E-state index is 12.7. The van der Waals surface area contributed by atoms with E-state index in [4.69, 9.17) is 0 Å². The number of para-hydroxylation sites is 1. The Hall–Kier alpha value is -2.42. The normalized spacial score (nSPS) is 23.6. The first-order valence-electron chi connectivity index (χ1n) is 7.80. The molecule has 110 valence electrons. The van der Waals surface area contributed by atoms with Crippen LogP contribution in [-0.4, -0.2) is 24.2 Å². The van der Waals surface area contributed by atoms with Gasteiger partial charge in [0.1, 0.15) is 6.04 Å². The molecule has 1 saturated heterocycles. The zero-order valence-electron chi connectivity index (χ0n) is 12.6. The fourth-order valence-electron chi connectivity index (χ4n) is 3.57. The molecule has 2 aliphatic rings. The molecule has 22 heavy (non-hydrogen) atoms. The van der Waals surface area contributed by atoms with Crippen LogP contribution in [0.15, 0.2) is 59.6 Å². The molecule has 0 radical (unpaired) electrons. The van der Waals surface area contributed by atoms with E-state index in [-0.39, 0.29) is 11.9 Å². The van der Waals surface area contributed by atoms with E-state index in [9.17, 15) is 4.79 Å². The minimum atomic E-state index is -0.123. The standard InChI is InChI=1S/C19H18N2O/c1-13-11-12-21-16-10-6-5-9-15(16)17(20-19(22)18(13)21)14-7-3-2-4-8-14/h2-10,13,18H,11-12H2,1H3. The van der Waals surface area contributed by atoms with Gasteiger partial charge in [0, 0.05) is 23.4 Å². The van der Waals surface area contributed by atoms with Crippen LogP contribution in [-0.2, 0) is 4.79 Å². The third kappa shape index (κ3) is 1.97. The topological polar surface area (TPSA) is 32.7 Å². The first-order chi connectivity index (χ1) is 10.8. The summed E-state index contributed by atoms with van der Waals surface area (Å²) < 4.78 is 0. The molecule has 0 saturated carbocycles. The van der Waals surface area contributed by atoms with E-state index in [0.717, 1.165) is 35.5 Å². The number of carbonyl (C=O) groups is 1. The molecule has 2 aromatic rings. The number of hydrogen-bond acceptors (Lipinski definition) is 2. The molecular weight excluding hydrogens is 272 g/mol. The van der Waals surface area contributed by atoms with Crippen LogP contribution >= 0.6 is 0 Å². The first-order valence-corrected chi connectivity index (χ1v) is 7.80. The fourth-order valence-corrected chi connectivity index (χ4v) is 3.57. The van der Waals surface area contributed by atoms with Crippen LogP contribution in [0.1, 0.15) is 24.5 Å². The van der Waals surface area contributed by atoms with Crippen LogP contribution in [0.3, 0.4) is 0 Å². The van der Waals surface area contributed by atoms with Crippen LogP contribution in [0.4, 0.5) is 5.69 Å². The summed E-state index contributed by atoms with van der Waals surface area (Å²) >= 11 is 0. The molecule has 3 nitrogen and oxygen atoms in total. The Bertz CT molecular complexity index is 751. The van der Waals surface area contributed by atoms with Gasteiger partial charge in [-0.15, -0.1) is 0 Å². The summed E-state index contributed by atoms with van der Waals surface area (Å²) in [6, 6.07) is 18.1. The molecule has 1 amide bonds. The maximum absolute atomic E-state index is 12.7. The van der Waals surface area contributed by atoms with E-state index >= 15 is 0 Å². The van der Waals surface area contributed by atoms with Crippen molar-refractivity contribution in [3.05, 3.63) is 65.7 Å². The molecule has 2 aliphatic heterocycles. The summed E-state index contributed by atoms with van der Waals surface area (Å²) in [5, 5.41) is 0. The Morgan fingerprint density at radius 1 is 1.05 bits per heavy atom. The molecule has 3 heteroatoms. The van der Waals surface area contributed by atoms with Crippen molar-refractivity contribution >= 4 is 17.3 Å². The number of aliphatic imine (C=N–C) groups is 1. The van der Waals surface area contributed by atoms with Gasteiger partial charge in [0.15, 0.2) is 0 Å². The summed E-state index contributed by atoms with van der Waals surface area (Å²) in [4.78, 5) is 19.5. The number of anilines is 1. The summed E-state index contributed by atoms with van der Waals surface area (Å²) in [7, 11) is 0. The average Bonchev–Trinajstić information content (AvgIpc) is 2.89. The SMILES string of the molecule is CC1CCN2c3ccccc3C(c3ccccc3)=NC(=O)C12. The Balaban J connectivity index is 1.94. The minimum absolute atomic E-state index is 0.0138. The van der Waals surface area contributed by atoms with Gasteiger partial charge in [0.25, 0.3) is 5.91 Å². The summed E-state index contributed by atoms with van der Waals surface area (Å²) in [6.45, 7) is 3.07. The quantitative estimate of drug-likeness (QED) is 0.807. The molecule has 0 N–H and O–H groups in total. The van der Waals surface area contributed by atoms with Gasteiger partial charge in [0.2, 0.25) is 0 Å². The lowest BCUT2D eigenvalue weighted by Gasteiger charge is -2.25. The van der Waals surface area contributed by atoms with Gasteiger partial charge in [0.05, 0.1) is 5.71 Å². The lowest BCUT2D eigenvalue weighted by Crippen LogP contribution is -2.37. The van der Waals surface area contributed by atoms with E-state index in [1.807, 2.05) is 42.5 Å². The monoisotopic (exact) mass is 290 g/mol. The molecule has 2 aromatic carbocycles. The fraction of sp³-hybridized carbons (Fsp3) is 0.263. The van der Waals surface area contributed by atoms with Crippen molar-refractivity contribution in [2.45, 2.75) is 19.4 Å². The van der Waals surface area contributed by atoms with Gasteiger partial charge in [-0.05, 0) is 18.4 Å². The summed E-state index contributed by atoms with van der Waals surface area (Å²) in [5.41, 5.74) is 3.98. The number of nitrogens with zero attached hydrogens (tertiary/aromatic N) is 2. The van der Waals surface area contributed by atoms with Crippen molar-refractivity contribution in [2.75, 3.05) is 11.4 Å². The number of amides is 1. The lowest BCUT2D eigenvalue weighted by molar-refractivity contribution is -0.119. The Labute approximate surface area is 130 Å². The highest BCUT2D eigenvalue weighted by molar-refractivity contribution is 6.21. The molecule has 1 fully saturated rings. The number of hydrogen-bond donors (Lipinski definition) is 0. The third-order valence-electron chi connectivity index (χ3n) is 4.69. The van der Waals surface area contributed by atoms with E-state index < -0.39 is 0 Å². The smallest absolute Gasteiger partial charge is 0.269 e. The summed E-state index contributed by atoms with van der Waals surface area (Å²) in [5.74, 6) is 0.333. The van der Waals surface area contributed by atoms with Crippen molar-refractivity contribution in [3.8, 4) is 0 Å². The van der Waals surface area contributed by atoms with Gasteiger partial charge in [-0.25, -0.2) is 4.99 Å². The highest BCUT2D eigenvalue weighted by atomic mass is 16.2. The van der Waals surface area contributed by atoms with Gasteiger partial charge in [-0.3, -0.25) is 4.79 Å². The minimum Gasteiger partial charge on any atom is -0.359 e. The molecule has 2 heterocycles. The molecule has 0 aliphatic carbocycles. The second-order valence-electron chi connectivity index (χ2n) is 6.09. The zero-order chi connectivity index (χ0) is 15.1. The van der Waals surface area contributed by atoms with E-state index in [1.54, 1.807) is 0 Å². The molecule has 0 aromatic heterocycles. The van der Waals surface area contributed by atoms with Crippen molar-refractivity contribution in [3.63, 3.8) is 0 Å². The average molecular weight is 290 g/mol. The van der Waals surface area contributed by atoms with Crippen molar-refractivity contribution in [1.82, 2.24) is 0 Å². The van der Waals surface area contributed by atoms with E-state index in [1.165, 1.54) is 0 Å². The van der Waals surface area contributed by atoms with Gasteiger partial charge in [-0.2, -0.15) is 0 Å². The van der Waals surface area contributed by atoms with E-state index in [2.05, 4.69) is 28.9 Å². The largest absolute Gasteiger partial charge is 0.359 e. The van der Waals surface area contributed by atoms with Crippen molar-refractivity contribution < 1.29 is 4.79 Å². The number of fused-ring (bicyclic) bond motifs is 3. The molecular formula is C19H18N2O. The van der Waals surface area contributed by atoms with Crippen LogP contribution in [0.5, 0.6) is 0 Å². The van der Waals surface area contributed by atoms with Gasteiger partial charge in [-0.1, -0.05) is 55.5 Å². The van der Waals surface area contributed by atoms with Gasteiger partial charge < -0.3 is 4.90 Å². The second-order valence-corrected chi connectivity index (χ2v) is 6.09.